The Hall–Kier alpha value is -1.36. The van der Waals surface area contributed by atoms with E-state index in [2.05, 4.69) is 5.32 Å². The van der Waals surface area contributed by atoms with Crippen molar-refractivity contribution in [2.45, 2.75) is 37.1 Å². The number of nitrogens with one attached hydrogen (secondary N) is 1. The average Bonchev–Trinajstić information content (AvgIpc) is 2.25. The molecule has 1 aromatic carbocycles. The summed E-state index contributed by atoms with van der Waals surface area (Å²) in [5.74, 6) is 0.267. The smallest absolute Gasteiger partial charge is 0.223 e. The predicted molar refractivity (Wildman–Crippen MR) is 73.5 cm³/mol. The summed E-state index contributed by atoms with van der Waals surface area (Å²) in [4.78, 5) is 12.1. The van der Waals surface area contributed by atoms with Crippen LogP contribution >= 0.6 is 0 Å². The third kappa shape index (κ3) is 3.35. The highest BCUT2D eigenvalue weighted by Crippen LogP contribution is 2.27. The van der Waals surface area contributed by atoms with E-state index in [0.29, 0.717) is 4.90 Å². The van der Waals surface area contributed by atoms with E-state index in [1.807, 2.05) is 6.92 Å². The third-order valence-corrected chi connectivity index (χ3v) is 4.77. The number of hydrogen-bond donors (Lipinski definition) is 1. The number of amides is 1. The second kappa shape index (κ2) is 5.33. The lowest BCUT2D eigenvalue weighted by Crippen LogP contribution is -2.35. The summed E-state index contributed by atoms with van der Waals surface area (Å²) >= 11 is 0. The summed E-state index contributed by atoms with van der Waals surface area (Å²) in [6.07, 6.45) is 4.27. The van der Waals surface area contributed by atoms with E-state index >= 15 is 0 Å². The molecule has 1 atom stereocenters. The molecule has 1 fully saturated rings. The highest BCUT2D eigenvalue weighted by molar-refractivity contribution is 7.90. The summed E-state index contributed by atoms with van der Waals surface area (Å²) in [6, 6.07) is 6.57. The van der Waals surface area contributed by atoms with Gasteiger partial charge in [-0.2, -0.15) is 0 Å². The molecule has 0 radical (unpaired) electrons. The fourth-order valence-corrected chi connectivity index (χ4v) is 2.72. The van der Waals surface area contributed by atoms with E-state index in [9.17, 15) is 13.2 Å². The van der Waals surface area contributed by atoms with Gasteiger partial charge >= 0.3 is 0 Å². The molecule has 1 amide bonds. The molecule has 1 saturated carbocycles. The van der Waals surface area contributed by atoms with Crippen LogP contribution in [0.3, 0.4) is 0 Å². The molecule has 0 unspecified atom stereocenters. The Labute approximate surface area is 114 Å². The Morgan fingerprint density at radius 2 is 1.84 bits per heavy atom. The first-order chi connectivity index (χ1) is 8.88. The Morgan fingerprint density at radius 3 is 2.26 bits per heavy atom. The van der Waals surface area contributed by atoms with Crippen LogP contribution in [-0.4, -0.2) is 20.6 Å². The van der Waals surface area contributed by atoms with Crippen molar-refractivity contribution in [1.29, 1.82) is 0 Å². The van der Waals surface area contributed by atoms with Gasteiger partial charge in [0.15, 0.2) is 9.84 Å². The fraction of sp³-hybridized carbons (Fsp3) is 0.500. The number of benzene rings is 1. The van der Waals surface area contributed by atoms with Gasteiger partial charge in [-0.15, -0.1) is 0 Å². The molecule has 1 N–H and O–H groups in total. The van der Waals surface area contributed by atoms with E-state index in [4.69, 9.17) is 0 Å². The van der Waals surface area contributed by atoms with Crippen molar-refractivity contribution in [1.82, 2.24) is 5.32 Å². The Bertz CT molecular complexity index is 559. The summed E-state index contributed by atoms with van der Waals surface area (Å²) in [5.41, 5.74) is 0.917. The number of sulfone groups is 1. The van der Waals surface area contributed by atoms with Crippen LogP contribution in [0.1, 0.15) is 37.8 Å². The summed E-state index contributed by atoms with van der Waals surface area (Å²) in [7, 11) is -3.16. The van der Waals surface area contributed by atoms with Crippen LogP contribution in [0.4, 0.5) is 0 Å². The van der Waals surface area contributed by atoms with E-state index in [0.717, 1.165) is 24.8 Å². The Balaban J connectivity index is 2.03. The quantitative estimate of drug-likeness (QED) is 0.919. The van der Waals surface area contributed by atoms with Gasteiger partial charge in [-0.05, 0) is 37.5 Å². The topological polar surface area (TPSA) is 63.2 Å². The molecule has 19 heavy (non-hydrogen) atoms. The van der Waals surface area contributed by atoms with Gasteiger partial charge in [-0.25, -0.2) is 8.42 Å². The van der Waals surface area contributed by atoms with Gasteiger partial charge in [0.25, 0.3) is 0 Å². The molecular formula is C14H19NO3S. The second-order valence-corrected chi connectivity index (χ2v) is 7.22. The fourth-order valence-electron chi connectivity index (χ4n) is 2.09. The van der Waals surface area contributed by atoms with E-state index in [1.54, 1.807) is 24.3 Å². The maximum atomic E-state index is 11.8. The van der Waals surface area contributed by atoms with Gasteiger partial charge < -0.3 is 5.32 Å². The van der Waals surface area contributed by atoms with E-state index in [-0.39, 0.29) is 17.9 Å². The molecule has 1 aromatic rings. The van der Waals surface area contributed by atoms with Gasteiger partial charge in [0.1, 0.15) is 0 Å². The molecule has 0 aliphatic heterocycles. The van der Waals surface area contributed by atoms with Gasteiger partial charge in [0, 0.05) is 12.2 Å². The molecule has 1 aliphatic rings. The molecule has 2 rings (SSSR count). The van der Waals surface area contributed by atoms with Gasteiger partial charge in [0.05, 0.1) is 10.9 Å². The van der Waals surface area contributed by atoms with Crippen molar-refractivity contribution >= 4 is 15.7 Å². The van der Waals surface area contributed by atoms with Crippen molar-refractivity contribution in [2.75, 3.05) is 6.26 Å². The minimum Gasteiger partial charge on any atom is -0.349 e. The average molecular weight is 281 g/mol. The Kier molecular flexibility index (Phi) is 3.94. The second-order valence-electron chi connectivity index (χ2n) is 5.20. The van der Waals surface area contributed by atoms with Crippen molar-refractivity contribution in [3.8, 4) is 0 Å². The monoisotopic (exact) mass is 281 g/mol. The van der Waals surface area contributed by atoms with Crippen molar-refractivity contribution in [2.24, 2.45) is 5.92 Å². The zero-order chi connectivity index (χ0) is 14.0. The lowest BCUT2D eigenvalue weighted by atomic mass is 9.84. The van der Waals surface area contributed by atoms with Crippen LogP contribution in [0.15, 0.2) is 29.2 Å². The van der Waals surface area contributed by atoms with Crippen LogP contribution in [0, 0.1) is 5.92 Å². The van der Waals surface area contributed by atoms with Crippen LogP contribution in [0.2, 0.25) is 0 Å². The predicted octanol–water partition coefficient (Wildman–Crippen LogP) is 2.07. The molecule has 1 aliphatic carbocycles. The standard InChI is InChI=1S/C14H19NO3S/c1-10(15-14(16)12-4-3-5-12)11-6-8-13(9-7-11)19(2,17)18/h6-10,12H,3-5H2,1-2H3,(H,15,16)/t10-/m0/s1. The SMILES string of the molecule is C[C@H](NC(=O)C1CCC1)c1ccc(S(C)(=O)=O)cc1. The van der Waals surface area contributed by atoms with Crippen molar-refractivity contribution in [3.05, 3.63) is 29.8 Å². The summed E-state index contributed by atoms with van der Waals surface area (Å²) in [6.45, 7) is 1.91. The molecular weight excluding hydrogens is 262 g/mol. The zero-order valence-electron chi connectivity index (χ0n) is 11.2. The molecule has 0 heterocycles. The normalized spacial score (nSPS) is 17.6. The molecule has 104 valence electrons. The first-order valence-corrected chi connectivity index (χ1v) is 8.37. The lowest BCUT2D eigenvalue weighted by Gasteiger charge is -2.26. The van der Waals surface area contributed by atoms with Crippen molar-refractivity contribution < 1.29 is 13.2 Å². The van der Waals surface area contributed by atoms with E-state index < -0.39 is 9.84 Å². The highest BCUT2D eigenvalue weighted by Gasteiger charge is 2.26. The number of carbonyl (C=O) groups is 1. The minimum absolute atomic E-state index is 0.0956. The largest absolute Gasteiger partial charge is 0.349 e. The zero-order valence-corrected chi connectivity index (χ0v) is 12.0. The lowest BCUT2D eigenvalue weighted by molar-refractivity contribution is -0.128. The maximum Gasteiger partial charge on any atom is 0.223 e. The number of hydrogen-bond acceptors (Lipinski definition) is 3. The molecule has 0 saturated heterocycles. The van der Waals surface area contributed by atoms with Gasteiger partial charge in [-0.3, -0.25) is 4.79 Å². The van der Waals surface area contributed by atoms with Gasteiger partial charge in [0.2, 0.25) is 5.91 Å². The van der Waals surface area contributed by atoms with Crippen LogP contribution in [0.5, 0.6) is 0 Å². The number of carbonyl (C=O) groups excluding carboxylic acids is 1. The van der Waals surface area contributed by atoms with E-state index in [1.165, 1.54) is 6.26 Å². The summed E-state index contributed by atoms with van der Waals surface area (Å²) < 4.78 is 22.7. The Morgan fingerprint density at radius 1 is 1.26 bits per heavy atom. The molecule has 5 heteroatoms. The first-order valence-electron chi connectivity index (χ1n) is 6.48. The maximum absolute atomic E-state index is 11.8. The minimum atomic E-state index is -3.16. The molecule has 0 spiro atoms. The first kappa shape index (κ1) is 14.1. The van der Waals surface area contributed by atoms with Gasteiger partial charge in [-0.1, -0.05) is 18.6 Å². The summed E-state index contributed by atoms with van der Waals surface area (Å²) in [5, 5.41) is 2.97. The molecule has 0 bridgehead atoms. The van der Waals surface area contributed by atoms with Crippen LogP contribution in [-0.2, 0) is 14.6 Å². The van der Waals surface area contributed by atoms with Crippen LogP contribution < -0.4 is 5.32 Å². The van der Waals surface area contributed by atoms with Crippen LogP contribution in [0.25, 0.3) is 0 Å². The van der Waals surface area contributed by atoms with Crippen molar-refractivity contribution in [3.63, 3.8) is 0 Å². The molecule has 0 aromatic heterocycles. The molecule has 4 nitrogen and oxygen atoms in total. The third-order valence-electron chi connectivity index (χ3n) is 3.64. The number of rotatable bonds is 4. The highest BCUT2D eigenvalue weighted by atomic mass is 32.2.